The SMILES string of the molecule is CCCC(NC(=O)c1ccc(NCc2cnc3nc(N)n(C(=O)O)c(=O)c3n2)cc1)C(=O)O. The van der Waals surface area contributed by atoms with Crippen LogP contribution in [0.5, 0.6) is 0 Å². The molecule has 3 rings (SSSR count). The lowest BCUT2D eigenvalue weighted by Gasteiger charge is -2.14. The molecule has 0 aliphatic rings. The van der Waals surface area contributed by atoms with Gasteiger partial charge in [-0.25, -0.2) is 19.6 Å². The number of aromatic nitrogens is 4. The number of nitrogens with zero attached hydrogens (tertiary/aromatic N) is 4. The molecule has 13 heteroatoms. The molecule has 1 amide bonds. The Morgan fingerprint density at radius 3 is 2.45 bits per heavy atom. The second-order valence-corrected chi connectivity index (χ2v) is 7.01. The maximum Gasteiger partial charge on any atom is 0.421 e. The zero-order chi connectivity index (χ0) is 24.1. The van der Waals surface area contributed by atoms with Crippen LogP contribution in [0.3, 0.4) is 0 Å². The minimum Gasteiger partial charge on any atom is -0.480 e. The first-order valence-corrected chi connectivity index (χ1v) is 9.86. The van der Waals surface area contributed by atoms with E-state index in [1.807, 2.05) is 6.92 Å². The molecule has 0 spiro atoms. The van der Waals surface area contributed by atoms with Crippen molar-refractivity contribution in [1.29, 1.82) is 0 Å². The van der Waals surface area contributed by atoms with Crippen molar-refractivity contribution < 1.29 is 24.6 Å². The molecule has 0 saturated carbocycles. The largest absolute Gasteiger partial charge is 0.480 e. The summed E-state index contributed by atoms with van der Waals surface area (Å²) in [5, 5.41) is 23.8. The van der Waals surface area contributed by atoms with E-state index < -0.39 is 35.5 Å². The van der Waals surface area contributed by atoms with Crippen molar-refractivity contribution in [3.8, 4) is 0 Å². The second-order valence-electron chi connectivity index (χ2n) is 7.01. The van der Waals surface area contributed by atoms with Gasteiger partial charge in [-0.2, -0.15) is 9.55 Å². The molecule has 0 saturated heterocycles. The Hall–Kier alpha value is -4.55. The predicted molar refractivity (Wildman–Crippen MR) is 117 cm³/mol. The van der Waals surface area contributed by atoms with Crippen LogP contribution in [0, 0.1) is 0 Å². The highest BCUT2D eigenvalue weighted by Gasteiger charge is 2.19. The predicted octanol–water partition coefficient (Wildman–Crippen LogP) is 0.890. The molecular weight excluding hydrogens is 434 g/mol. The molecular formula is C20H21N7O6. The molecule has 2 heterocycles. The van der Waals surface area contributed by atoms with Crippen molar-refractivity contribution in [2.45, 2.75) is 32.4 Å². The number of rotatable bonds is 8. The highest BCUT2D eigenvalue weighted by Crippen LogP contribution is 2.12. The first-order valence-electron chi connectivity index (χ1n) is 9.86. The number of nitrogens with one attached hydrogen (secondary N) is 2. The van der Waals surface area contributed by atoms with Crippen molar-refractivity contribution in [3.63, 3.8) is 0 Å². The monoisotopic (exact) mass is 455 g/mol. The van der Waals surface area contributed by atoms with E-state index in [1.165, 1.54) is 18.3 Å². The second kappa shape index (κ2) is 9.72. The Morgan fingerprint density at radius 1 is 1.15 bits per heavy atom. The van der Waals surface area contributed by atoms with Crippen molar-refractivity contribution in [2.75, 3.05) is 11.1 Å². The first-order chi connectivity index (χ1) is 15.7. The third kappa shape index (κ3) is 5.20. The number of nitrogens with two attached hydrogens (primary N) is 1. The summed E-state index contributed by atoms with van der Waals surface area (Å²) in [6, 6.07) is 5.36. The smallest absolute Gasteiger partial charge is 0.421 e. The van der Waals surface area contributed by atoms with Crippen LogP contribution < -0.4 is 21.9 Å². The Bertz CT molecular complexity index is 1270. The Morgan fingerprint density at radius 2 is 1.85 bits per heavy atom. The van der Waals surface area contributed by atoms with Crippen LogP contribution in [0.25, 0.3) is 11.2 Å². The van der Waals surface area contributed by atoms with Crippen molar-refractivity contribution in [1.82, 2.24) is 24.8 Å². The highest BCUT2D eigenvalue weighted by atomic mass is 16.4. The van der Waals surface area contributed by atoms with Gasteiger partial charge < -0.3 is 26.6 Å². The Balaban J connectivity index is 1.71. The van der Waals surface area contributed by atoms with Gasteiger partial charge in [-0.3, -0.25) is 9.59 Å². The zero-order valence-corrected chi connectivity index (χ0v) is 17.5. The summed E-state index contributed by atoms with van der Waals surface area (Å²) in [5.74, 6) is -2.09. The number of nitrogen functional groups attached to an aromatic ring is 1. The zero-order valence-electron chi connectivity index (χ0n) is 17.5. The molecule has 1 atom stereocenters. The summed E-state index contributed by atoms with van der Waals surface area (Å²) < 4.78 is 0.285. The standard InChI is InChI=1S/C20H21N7O6/c1-2-3-13(18(30)31)25-16(28)10-4-6-11(7-5-10)22-8-12-9-23-15-14(24-12)17(29)27(20(32)33)19(21)26-15/h4-7,9,13,22H,2-3,8H2,1H3,(H,25,28)(H,30,31)(H,32,33)(H2,21,23,26). The van der Waals surface area contributed by atoms with Gasteiger partial charge in [0.05, 0.1) is 18.4 Å². The van der Waals surface area contributed by atoms with Crippen LogP contribution in [0.15, 0.2) is 35.3 Å². The number of carbonyl (C=O) groups excluding carboxylic acids is 1. The lowest BCUT2D eigenvalue weighted by molar-refractivity contribution is -0.139. The van der Waals surface area contributed by atoms with Crippen LogP contribution in [-0.2, 0) is 11.3 Å². The third-order valence-electron chi connectivity index (χ3n) is 4.65. The number of carboxylic acid groups (broad SMARTS) is 2. The topological polar surface area (TPSA) is 202 Å². The third-order valence-corrected chi connectivity index (χ3v) is 4.65. The van der Waals surface area contributed by atoms with Crippen molar-refractivity contribution >= 4 is 40.8 Å². The molecule has 1 aromatic carbocycles. The van der Waals surface area contributed by atoms with Gasteiger partial charge in [-0.1, -0.05) is 13.3 Å². The highest BCUT2D eigenvalue weighted by molar-refractivity contribution is 5.96. The normalized spacial score (nSPS) is 11.7. The summed E-state index contributed by atoms with van der Waals surface area (Å²) in [6.45, 7) is 1.97. The number of hydrogen-bond donors (Lipinski definition) is 5. The number of carboxylic acids is 1. The number of aliphatic carboxylic acids is 1. The van der Waals surface area contributed by atoms with E-state index in [0.29, 0.717) is 29.8 Å². The van der Waals surface area contributed by atoms with E-state index in [9.17, 15) is 19.2 Å². The van der Waals surface area contributed by atoms with Gasteiger partial charge in [0.15, 0.2) is 11.2 Å². The molecule has 0 radical (unpaired) electrons. The average Bonchev–Trinajstić information content (AvgIpc) is 2.77. The molecule has 13 nitrogen and oxygen atoms in total. The Labute approximate surface area is 186 Å². The summed E-state index contributed by atoms with van der Waals surface area (Å²) in [5.41, 5.74) is 5.49. The lowest BCUT2D eigenvalue weighted by atomic mass is 10.1. The fraction of sp³-hybridized carbons (Fsp3) is 0.250. The number of anilines is 2. The van der Waals surface area contributed by atoms with E-state index in [4.69, 9.17) is 15.9 Å². The van der Waals surface area contributed by atoms with Gasteiger partial charge in [0.1, 0.15) is 6.04 Å². The fourth-order valence-electron chi connectivity index (χ4n) is 3.00. The van der Waals surface area contributed by atoms with E-state index in [2.05, 4.69) is 25.6 Å². The number of benzene rings is 1. The fourth-order valence-corrected chi connectivity index (χ4v) is 3.00. The van der Waals surface area contributed by atoms with E-state index in [0.717, 1.165) is 0 Å². The van der Waals surface area contributed by atoms with Crippen LogP contribution >= 0.6 is 0 Å². The van der Waals surface area contributed by atoms with Gasteiger partial charge in [0.25, 0.3) is 11.5 Å². The molecule has 1 unspecified atom stereocenters. The van der Waals surface area contributed by atoms with E-state index in [1.54, 1.807) is 12.1 Å². The van der Waals surface area contributed by atoms with Gasteiger partial charge in [-0.15, -0.1) is 0 Å². The van der Waals surface area contributed by atoms with Gasteiger partial charge in [0.2, 0.25) is 5.95 Å². The number of fused-ring (bicyclic) bond motifs is 1. The summed E-state index contributed by atoms with van der Waals surface area (Å²) in [6.07, 6.45) is 0.734. The average molecular weight is 455 g/mol. The number of carbonyl (C=O) groups is 3. The maximum atomic E-state index is 12.3. The quantitative estimate of drug-likeness (QED) is 0.323. The van der Waals surface area contributed by atoms with E-state index in [-0.39, 0.29) is 22.3 Å². The molecule has 3 aromatic rings. The molecule has 2 aromatic heterocycles. The van der Waals surface area contributed by atoms with Gasteiger partial charge >= 0.3 is 12.1 Å². The van der Waals surface area contributed by atoms with Crippen LogP contribution in [0.4, 0.5) is 16.4 Å². The van der Waals surface area contributed by atoms with Gasteiger partial charge in [-0.05, 0) is 30.7 Å². The van der Waals surface area contributed by atoms with Crippen LogP contribution in [0.2, 0.25) is 0 Å². The van der Waals surface area contributed by atoms with E-state index >= 15 is 0 Å². The molecule has 0 fully saturated rings. The van der Waals surface area contributed by atoms with Crippen LogP contribution in [-0.4, -0.2) is 53.7 Å². The summed E-state index contributed by atoms with van der Waals surface area (Å²) in [4.78, 5) is 58.9. The first kappa shape index (κ1) is 23.1. The van der Waals surface area contributed by atoms with Crippen molar-refractivity contribution in [2.24, 2.45) is 0 Å². The molecule has 172 valence electrons. The number of hydrogen-bond acceptors (Lipinski definition) is 9. The number of amides is 1. The molecule has 0 aliphatic heterocycles. The molecule has 6 N–H and O–H groups in total. The lowest BCUT2D eigenvalue weighted by Crippen LogP contribution is -2.40. The molecule has 0 bridgehead atoms. The van der Waals surface area contributed by atoms with Crippen LogP contribution in [0.1, 0.15) is 35.8 Å². The van der Waals surface area contributed by atoms with Crippen molar-refractivity contribution in [3.05, 3.63) is 52.1 Å². The Kier molecular flexibility index (Phi) is 6.81. The summed E-state index contributed by atoms with van der Waals surface area (Å²) in [7, 11) is 0. The minimum atomic E-state index is -1.58. The maximum absolute atomic E-state index is 12.3. The molecule has 33 heavy (non-hydrogen) atoms. The van der Waals surface area contributed by atoms with Gasteiger partial charge in [0, 0.05) is 11.3 Å². The minimum absolute atomic E-state index is 0.0724. The molecule has 0 aliphatic carbocycles. The summed E-state index contributed by atoms with van der Waals surface area (Å²) >= 11 is 0.